The monoisotopic (exact) mass is 612 g/mol. The average molecular weight is 613 g/mol. The van der Waals surface area contributed by atoms with Crippen LogP contribution in [0.1, 0.15) is 53.8 Å². The van der Waals surface area contributed by atoms with Gasteiger partial charge >= 0.3 is 11.9 Å². The standard InChI is InChI=1S/C31H32O11S/c1-30(2)19-13-14-31(30,20(32)15-19)16-43(35,36)42-26-24-21(37-27(33)17-9-5-3-6-10-17)23-22(25(26)41-29(39-23)40-24)38-28(34)18-11-7-4-8-12-18/h3-12,19,21-26,29H,13-16H2,1-2H3/t19-,21-,22-,23?,24-,25+,26?,29?,31+/m0/s1. The summed E-state index contributed by atoms with van der Waals surface area (Å²) in [6.45, 7) is 2.68. The molecular formula is C31H32O11S. The van der Waals surface area contributed by atoms with Crippen molar-refractivity contribution in [1.29, 1.82) is 0 Å². The third kappa shape index (κ3) is 4.62. The summed E-state index contributed by atoms with van der Waals surface area (Å²) in [6.07, 6.45) is -5.41. The minimum atomic E-state index is -4.37. The molecule has 8 rings (SSSR count). The quantitative estimate of drug-likeness (QED) is 0.321. The highest BCUT2D eigenvalue weighted by Crippen LogP contribution is 2.64. The summed E-state index contributed by atoms with van der Waals surface area (Å²) < 4.78 is 62.6. The molecule has 6 fully saturated rings. The minimum absolute atomic E-state index is 0.0729. The van der Waals surface area contributed by atoms with E-state index in [2.05, 4.69) is 0 Å². The van der Waals surface area contributed by atoms with Gasteiger partial charge in [0.25, 0.3) is 16.6 Å². The van der Waals surface area contributed by atoms with Gasteiger partial charge in [0.05, 0.1) is 22.3 Å². The zero-order chi connectivity index (χ0) is 30.1. The van der Waals surface area contributed by atoms with Crippen molar-refractivity contribution >= 4 is 27.8 Å². The SMILES string of the molecule is CC1(C)[C@H]2CC[C@@]1(CS(=O)(=O)OC1[C@H]3OC4OC([C@@H]3OC(=O)c3ccccc3)[C@H](OC(=O)c3ccccc3)[C@H]1O4)C(=O)C2. The van der Waals surface area contributed by atoms with Crippen LogP contribution in [-0.4, -0.2) is 75.0 Å². The van der Waals surface area contributed by atoms with Crippen molar-refractivity contribution in [3.8, 4) is 0 Å². The van der Waals surface area contributed by atoms with Gasteiger partial charge < -0.3 is 23.7 Å². The van der Waals surface area contributed by atoms with Gasteiger partial charge in [0, 0.05) is 6.42 Å². The number of hydrogen-bond acceptors (Lipinski definition) is 11. The van der Waals surface area contributed by atoms with Crippen LogP contribution < -0.4 is 0 Å². The molecule has 0 radical (unpaired) electrons. The number of fused-ring (bicyclic) bond motifs is 2. The van der Waals surface area contributed by atoms with E-state index in [0.29, 0.717) is 12.8 Å². The van der Waals surface area contributed by atoms with Crippen LogP contribution in [0.25, 0.3) is 0 Å². The van der Waals surface area contributed by atoms with E-state index in [1.54, 1.807) is 60.7 Å². The number of ketones is 1. The minimum Gasteiger partial charge on any atom is -0.453 e. The fourth-order valence-corrected chi connectivity index (χ4v) is 9.50. The second-order valence-electron chi connectivity index (χ2n) is 12.5. The van der Waals surface area contributed by atoms with Crippen molar-refractivity contribution in [2.75, 3.05) is 5.75 Å². The Balaban J connectivity index is 1.20. The summed E-state index contributed by atoms with van der Waals surface area (Å²) in [5.74, 6) is -1.85. The van der Waals surface area contributed by atoms with Gasteiger partial charge in [-0.1, -0.05) is 50.2 Å². The summed E-state index contributed by atoms with van der Waals surface area (Å²) in [6, 6.07) is 16.5. The normalized spacial score (nSPS) is 36.9. The molecule has 43 heavy (non-hydrogen) atoms. The van der Waals surface area contributed by atoms with Gasteiger partial charge in [0.15, 0.2) is 12.2 Å². The molecule has 3 saturated heterocycles. The predicted molar refractivity (Wildman–Crippen MR) is 147 cm³/mol. The molecule has 12 heteroatoms. The number of carbonyl (C=O) groups is 3. The van der Waals surface area contributed by atoms with Crippen molar-refractivity contribution in [1.82, 2.24) is 0 Å². The Bertz CT molecular complexity index is 1470. The first-order valence-electron chi connectivity index (χ1n) is 14.4. The van der Waals surface area contributed by atoms with E-state index >= 15 is 0 Å². The second kappa shape index (κ2) is 10.2. The van der Waals surface area contributed by atoms with Crippen LogP contribution in [0.4, 0.5) is 0 Å². The van der Waals surface area contributed by atoms with Gasteiger partial charge in [-0.3, -0.25) is 8.98 Å². The average Bonchev–Trinajstić information content (AvgIpc) is 3.33. The lowest BCUT2D eigenvalue weighted by atomic mass is 9.70. The molecule has 2 aromatic rings. The Morgan fingerprint density at radius 3 is 1.74 bits per heavy atom. The number of ether oxygens (including phenoxy) is 5. The first-order valence-corrected chi connectivity index (χ1v) is 16.0. The summed E-state index contributed by atoms with van der Waals surface area (Å²) in [5, 5.41) is 0. The van der Waals surface area contributed by atoms with E-state index in [1.807, 2.05) is 13.8 Å². The summed E-state index contributed by atoms with van der Waals surface area (Å²) in [5.41, 5.74) is -1.06. The number of rotatable bonds is 8. The highest BCUT2D eigenvalue weighted by atomic mass is 32.2. The van der Waals surface area contributed by atoms with E-state index in [1.165, 1.54) is 0 Å². The predicted octanol–water partition coefficient (Wildman–Crippen LogP) is 3.03. The number of hydrogen-bond donors (Lipinski definition) is 0. The van der Waals surface area contributed by atoms with Crippen molar-refractivity contribution in [2.24, 2.45) is 16.7 Å². The van der Waals surface area contributed by atoms with E-state index in [9.17, 15) is 22.8 Å². The van der Waals surface area contributed by atoms with Crippen LogP contribution in [-0.2, 0) is 42.8 Å². The molecule has 3 aliphatic heterocycles. The molecule has 228 valence electrons. The molecule has 3 unspecified atom stereocenters. The number of Topliss-reactive ketones (excluding diaryl/α,β-unsaturated/α-hetero) is 1. The van der Waals surface area contributed by atoms with Crippen LogP contribution in [0.2, 0.25) is 0 Å². The molecule has 0 spiro atoms. The Hall–Kier alpha value is -3.16. The number of benzene rings is 2. The molecule has 3 aliphatic carbocycles. The van der Waals surface area contributed by atoms with Crippen molar-refractivity contribution in [2.45, 2.75) is 76.2 Å². The molecule has 6 bridgehead atoms. The van der Waals surface area contributed by atoms with Crippen molar-refractivity contribution < 1.29 is 50.7 Å². The maximum absolute atomic E-state index is 13.8. The van der Waals surface area contributed by atoms with E-state index in [-0.39, 0.29) is 22.8 Å². The summed E-state index contributed by atoms with van der Waals surface area (Å²) >= 11 is 0. The third-order valence-corrected chi connectivity index (χ3v) is 11.4. The van der Waals surface area contributed by atoms with Crippen LogP contribution >= 0.6 is 0 Å². The van der Waals surface area contributed by atoms with E-state index < -0.39 is 81.7 Å². The highest BCUT2D eigenvalue weighted by Gasteiger charge is 2.68. The maximum Gasteiger partial charge on any atom is 0.338 e. The van der Waals surface area contributed by atoms with Crippen LogP contribution in [0.15, 0.2) is 60.7 Å². The zero-order valence-corrected chi connectivity index (χ0v) is 24.4. The van der Waals surface area contributed by atoms with E-state index in [0.717, 1.165) is 6.42 Å². The summed E-state index contributed by atoms with van der Waals surface area (Å²) in [4.78, 5) is 39.4. The lowest BCUT2D eigenvalue weighted by molar-refractivity contribution is -0.476. The lowest BCUT2D eigenvalue weighted by Gasteiger charge is -2.57. The largest absolute Gasteiger partial charge is 0.453 e. The molecule has 9 atom stereocenters. The Morgan fingerprint density at radius 1 is 0.814 bits per heavy atom. The number of esters is 2. The molecular weight excluding hydrogens is 580 g/mol. The van der Waals surface area contributed by atoms with Crippen LogP contribution in [0.5, 0.6) is 0 Å². The fourth-order valence-electron chi connectivity index (χ4n) is 7.59. The van der Waals surface area contributed by atoms with Gasteiger partial charge in [-0.25, -0.2) is 9.59 Å². The van der Waals surface area contributed by atoms with Crippen LogP contribution in [0, 0.1) is 16.7 Å². The fraction of sp³-hybridized carbons (Fsp3) is 0.516. The molecule has 0 N–H and O–H groups in total. The Labute approximate surface area is 248 Å². The first kappa shape index (κ1) is 28.6. The van der Waals surface area contributed by atoms with Gasteiger partial charge in [0.2, 0.25) is 0 Å². The topological polar surface area (TPSA) is 141 Å². The Morgan fingerprint density at radius 2 is 1.30 bits per heavy atom. The van der Waals surface area contributed by atoms with Gasteiger partial charge in [0.1, 0.15) is 30.2 Å². The van der Waals surface area contributed by atoms with Crippen molar-refractivity contribution in [3.63, 3.8) is 0 Å². The first-order chi connectivity index (χ1) is 20.5. The maximum atomic E-state index is 13.8. The summed E-state index contributed by atoms with van der Waals surface area (Å²) in [7, 11) is -4.37. The third-order valence-electron chi connectivity index (χ3n) is 10.1. The van der Waals surface area contributed by atoms with Gasteiger partial charge in [-0.2, -0.15) is 8.42 Å². The molecule has 3 saturated carbocycles. The van der Waals surface area contributed by atoms with E-state index in [4.69, 9.17) is 27.9 Å². The molecule has 0 amide bonds. The molecule has 2 aromatic carbocycles. The van der Waals surface area contributed by atoms with Crippen LogP contribution in [0.3, 0.4) is 0 Å². The molecule has 3 heterocycles. The van der Waals surface area contributed by atoms with Gasteiger partial charge in [-0.05, 0) is 48.4 Å². The Kier molecular flexibility index (Phi) is 6.78. The van der Waals surface area contributed by atoms with Gasteiger partial charge in [-0.15, -0.1) is 0 Å². The molecule has 11 nitrogen and oxygen atoms in total. The van der Waals surface area contributed by atoms with Crippen molar-refractivity contribution in [3.05, 3.63) is 71.8 Å². The molecule has 0 aromatic heterocycles. The second-order valence-corrected chi connectivity index (χ2v) is 14.1. The highest BCUT2D eigenvalue weighted by molar-refractivity contribution is 7.86. The zero-order valence-electron chi connectivity index (χ0n) is 23.6. The smallest absolute Gasteiger partial charge is 0.338 e. The lowest BCUT2D eigenvalue weighted by Crippen LogP contribution is -2.76. The molecule has 6 aliphatic rings. The number of carbonyl (C=O) groups excluding carboxylic acids is 3.